The third-order valence-corrected chi connectivity index (χ3v) is 2.79. The summed E-state index contributed by atoms with van der Waals surface area (Å²) in [5, 5.41) is 6.06. The highest BCUT2D eigenvalue weighted by atomic mass is 16.5. The molecule has 2 rings (SSSR count). The molecule has 0 radical (unpaired) electrons. The minimum atomic E-state index is 0.0797. The second-order valence-corrected chi connectivity index (χ2v) is 5.02. The fraction of sp³-hybridized carbons (Fsp3) is 0.615. The highest BCUT2D eigenvalue weighted by molar-refractivity contribution is 5.76. The minimum absolute atomic E-state index is 0.0797. The number of anilines is 1. The van der Waals surface area contributed by atoms with Gasteiger partial charge in [-0.05, 0) is 27.2 Å². The molecule has 0 bridgehead atoms. The van der Waals surface area contributed by atoms with Gasteiger partial charge in [0, 0.05) is 30.8 Å². The van der Waals surface area contributed by atoms with Crippen molar-refractivity contribution in [3.63, 3.8) is 0 Å². The van der Waals surface area contributed by atoms with E-state index in [1.54, 1.807) is 0 Å². The standard InChI is InChI=1S/C13H20N4O2/c1-8(2)19-12-6-9(3)15-13(17-12)16-10-4-5-11(18)14-7-10/h6,8,10H,4-5,7H2,1-3H3,(H,14,18)(H,15,16,17). The first-order chi connectivity index (χ1) is 9.02. The van der Waals surface area contributed by atoms with Gasteiger partial charge in [0.15, 0.2) is 0 Å². The monoisotopic (exact) mass is 264 g/mol. The first-order valence-electron chi connectivity index (χ1n) is 6.58. The largest absolute Gasteiger partial charge is 0.475 e. The number of carbonyl (C=O) groups is 1. The van der Waals surface area contributed by atoms with E-state index in [-0.39, 0.29) is 18.1 Å². The number of ether oxygens (including phenoxy) is 1. The zero-order valence-corrected chi connectivity index (χ0v) is 11.6. The number of aromatic nitrogens is 2. The lowest BCUT2D eigenvalue weighted by Gasteiger charge is -2.23. The topological polar surface area (TPSA) is 76.1 Å². The molecule has 19 heavy (non-hydrogen) atoms. The molecule has 0 saturated carbocycles. The van der Waals surface area contributed by atoms with E-state index < -0.39 is 0 Å². The number of nitrogens with one attached hydrogen (secondary N) is 2. The van der Waals surface area contributed by atoms with E-state index in [0.717, 1.165) is 12.1 Å². The molecular formula is C13H20N4O2. The van der Waals surface area contributed by atoms with E-state index in [2.05, 4.69) is 20.6 Å². The number of carbonyl (C=O) groups excluding carboxylic acids is 1. The van der Waals surface area contributed by atoms with Crippen molar-refractivity contribution in [2.75, 3.05) is 11.9 Å². The number of rotatable bonds is 4. The fourth-order valence-electron chi connectivity index (χ4n) is 1.94. The first kappa shape index (κ1) is 13.6. The Morgan fingerprint density at radius 3 is 2.89 bits per heavy atom. The van der Waals surface area contributed by atoms with Crippen LogP contribution in [0.3, 0.4) is 0 Å². The normalized spacial score (nSPS) is 19.2. The SMILES string of the molecule is Cc1cc(OC(C)C)nc(NC2CCC(=O)NC2)n1. The second kappa shape index (κ2) is 5.86. The lowest BCUT2D eigenvalue weighted by atomic mass is 10.1. The number of hydrogen-bond donors (Lipinski definition) is 2. The summed E-state index contributed by atoms with van der Waals surface area (Å²) in [6.45, 7) is 6.43. The van der Waals surface area contributed by atoms with Crippen LogP contribution in [0.2, 0.25) is 0 Å². The van der Waals surface area contributed by atoms with Crippen LogP contribution in [0.1, 0.15) is 32.4 Å². The van der Waals surface area contributed by atoms with Gasteiger partial charge in [0.25, 0.3) is 0 Å². The summed E-state index contributed by atoms with van der Waals surface area (Å²) in [5.74, 6) is 1.23. The van der Waals surface area contributed by atoms with Gasteiger partial charge < -0.3 is 15.4 Å². The quantitative estimate of drug-likeness (QED) is 0.856. The average Bonchev–Trinajstić information content (AvgIpc) is 2.30. The van der Waals surface area contributed by atoms with Crippen LogP contribution >= 0.6 is 0 Å². The van der Waals surface area contributed by atoms with Crippen molar-refractivity contribution in [2.45, 2.75) is 45.8 Å². The van der Waals surface area contributed by atoms with Crippen LogP contribution in [-0.2, 0) is 4.79 Å². The van der Waals surface area contributed by atoms with Crippen molar-refractivity contribution in [3.05, 3.63) is 11.8 Å². The van der Waals surface area contributed by atoms with Crippen LogP contribution < -0.4 is 15.4 Å². The van der Waals surface area contributed by atoms with Crippen LogP contribution in [0.4, 0.5) is 5.95 Å². The molecule has 1 amide bonds. The molecule has 2 heterocycles. The summed E-state index contributed by atoms with van der Waals surface area (Å²) < 4.78 is 5.58. The summed E-state index contributed by atoms with van der Waals surface area (Å²) in [4.78, 5) is 19.8. The van der Waals surface area contributed by atoms with Crippen molar-refractivity contribution >= 4 is 11.9 Å². The molecule has 1 aliphatic heterocycles. The Labute approximate surface area is 113 Å². The molecule has 1 fully saturated rings. The summed E-state index contributed by atoms with van der Waals surface area (Å²) in [5.41, 5.74) is 0.855. The van der Waals surface area contributed by atoms with Gasteiger partial charge in [0.1, 0.15) is 0 Å². The van der Waals surface area contributed by atoms with E-state index in [9.17, 15) is 4.79 Å². The number of piperidine rings is 1. The number of nitrogens with zero attached hydrogens (tertiary/aromatic N) is 2. The molecule has 0 aliphatic carbocycles. The molecule has 1 unspecified atom stereocenters. The summed E-state index contributed by atoms with van der Waals surface area (Å²) in [6.07, 6.45) is 1.42. The third-order valence-electron chi connectivity index (χ3n) is 2.79. The lowest BCUT2D eigenvalue weighted by Crippen LogP contribution is -2.42. The Balaban J connectivity index is 2.03. The molecule has 6 heteroatoms. The molecule has 0 aromatic carbocycles. The van der Waals surface area contributed by atoms with Gasteiger partial charge in [-0.15, -0.1) is 0 Å². The minimum Gasteiger partial charge on any atom is -0.475 e. The Bertz CT molecular complexity index is 452. The van der Waals surface area contributed by atoms with Crippen molar-refractivity contribution in [2.24, 2.45) is 0 Å². The Morgan fingerprint density at radius 2 is 2.26 bits per heavy atom. The molecular weight excluding hydrogens is 244 g/mol. The molecule has 1 atom stereocenters. The van der Waals surface area contributed by atoms with Gasteiger partial charge in [-0.25, -0.2) is 4.98 Å². The number of aryl methyl sites for hydroxylation is 1. The van der Waals surface area contributed by atoms with Crippen LogP contribution in [0, 0.1) is 6.92 Å². The van der Waals surface area contributed by atoms with Crippen LogP contribution in [0.5, 0.6) is 5.88 Å². The van der Waals surface area contributed by atoms with Gasteiger partial charge in [0.05, 0.1) is 6.10 Å². The van der Waals surface area contributed by atoms with Gasteiger partial charge >= 0.3 is 0 Å². The Kier molecular flexibility index (Phi) is 4.19. The molecule has 104 valence electrons. The predicted octanol–water partition coefficient (Wildman–Crippen LogP) is 1.26. The van der Waals surface area contributed by atoms with Crippen molar-refractivity contribution in [1.82, 2.24) is 15.3 Å². The summed E-state index contributed by atoms with van der Waals surface area (Å²) >= 11 is 0. The fourth-order valence-corrected chi connectivity index (χ4v) is 1.94. The van der Waals surface area contributed by atoms with Crippen LogP contribution in [-0.4, -0.2) is 34.6 Å². The molecule has 1 aromatic rings. The first-order valence-corrected chi connectivity index (χ1v) is 6.58. The molecule has 1 aliphatic rings. The molecule has 1 aromatic heterocycles. The van der Waals surface area contributed by atoms with Gasteiger partial charge in [-0.3, -0.25) is 4.79 Å². The zero-order chi connectivity index (χ0) is 13.8. The van der Waals surface area contributed by atoms with Gasteiger partial charge in [-0.1, -0.05) is 0 Å². The van der Waals surface area contributed by atoms with Crippen molar-refractivity contribution in [1.29, 1.82) is 0 Å². The maximum atomic E-state index is 11.1. The Hall–Kier alpha value is -1.85. The number of hydrogen-bond acceptors (Lipinski definition) is 5. The van der Waals surface area contributed by atoms with Gasteiger partial charge in [0.2, 0.25) is 17.7 Å². The van der Waals surface area contributed by atoms with Crippen molar-refractivity contribution in [3.8, 4) is 5.88 Å². The lowest BCUT2D eigenvalue weighted by molar-refractivity contribution is -0.122. The number of amides is 1. The van der Waals surface area contributed by atoms with Crippen LogP contribution in [0.15, 0.2) is 6.07 Å². The van der Waals surface area contributed by atoms with E-state index >= 15 is 0 Å². The smallest absolute Gasteiger partial charge is 0.226 e. The summed E-state index contributed by atoms with van der Waals surface area (Å²) in [7, 11) is 0. The third kappa shape index (κ3) is 4.08. The van der Waals surface area contributed by atoms with Crippen molar-refractivity contribution < 1.29 is 9.53 Å². The van der Waals surface area contributed by atoms with Crippen LogP contribution in [0.25, 0.3) is 0 Å². The predicted molar refractivity (Wildman–Crippen MR) is 72.2 cm³/mol. The maximum absolute atomic E-state index is 11.1. The average molecular weight is 264 g/mol. The molecule has 2 N–H and O–H groups in total. The maximum Gasteiger partial charge on any atom is 0.226 e. The van der Waals surface area contributed by atoms with Gasteiger partial charge in [-0.2, -0.15) is 4.98 Å². The molecule has 0 spiro atoms. The second-order valence-electron chi connectivity index (χ2n) is 5.02. The zero-order valence-electron chi connectivity index (χ0n) is 11.6. The Morgan fingerprint density at radius 1 is 1.47 bits per heavy atom. The van der Waals surface area contributed by atoms with E-state index in [0.29, 0.717) is 24.8 Å². The highest BCUT2D eigenvalue weighted by Crippen LogP contribution is 2.15. The van der Waals surface area contributed by atoms with E-state index in [4.69, 9.17) is 4.74 Å². The van der Waals surface area contributed by atoms with E-state index in [1.165, 1.54) is 0 Å². The molecule has 1 saturated heterocycles. The molecule has 6 nitrogen and oxygen atoms in total. The summed E-state index contributed by atoms with van der Waals surface area (Å²) in [6, 6.07) is 1.99. The highest BCUT2D eigenvalue weighted by Gasteiger charge is 2.18. The van der Waals surface area contributed by atoms with E-state index in [1.807, 2.05) is 26.8 Å².